The highest BCUT2D eigenvalue weighted by Gasteiger charge is 2.36. The Bertz CT molecular complexity index is 1060. The van der Waals surface area contributed by atoms with Gasteiger partial charge in [-0.25, -0.2) is 18.2 Å². The second-order valence-corrected chi connectivity index (χ2v) is 6.53. The van der Waals surface area contributed by atoms with E-state index in [-0.39, 0.29) is 18.7 Å². The van der Waals surface area contributed by atoms with Crippen molar-refractivity contribution in [1.82, 2.24) is 15.2 Å². The Balaban J connectivity index is 1.48. The van der Waals surface area contributed by atoms with Crippen LogP contribution in [-0.4, -0.2) is 33.5 Å². The van der Waals surface area contributed by atoms with Crippen LogP contribution in [0.1, 0.15) is 6.42 Å². The van der Waals surface area contributed by atoms with Crippen molar-refractivity contribution in [2.45, 2.75) is 6.42 Å². The van der Waals surface area contributed by atoms with Crippen LogP contribution in [0.5, 0.6) is 0 Å². The van der Waals surface area contributed by atoms with E-state index in [9.17, 15) is 22.8 Å². The third kappa shape index (κ3) is 3.68. The van der Waals surface area contributed by atoms with Crippen LogP contribution in [0.2, 0.25) is 0 Å². The maximum Gasteiger partial charge on any atom is 0.229 e. The fourth-order valence-electron chi connectivity index (χ4n) is 3.16. The molecule has 0 aliphatic carbocycles. The average Bonchev–Trinajstić information content (AvgIpc) is 3.36. The van der Waals surface area contributed by atoms with Crippen LogP contribution in [0.4, 0.5) is 24.5 Å². The number of carbonyl (C=O) groups excluding carboxylic acids is 2. The molecular formula is C19H14F3N5O2. The number of H-pyrrole nitrogens is 1. The van der Waals surface area contributed by atoms with Crippen LogP contribution in [0.25, 0.3) is 11.4 Å². The molecule has 2 aromatic carbocycles. The number of halogens is 3. The van der Waals surface area contributed by atoms with Crippen LogP contribution < -0.4 is 10.2 Å². The Labute approximate surface area is 162 Å². The number of aromatic nitrogens is 3. The molecule has 4 rings (SSSR count). The van der Waals surface area contributed by atoms with Gasteiger partial charge in [0.2, 0.25) is 11.8 Å². The first-order valence-electron chi connectivity index (χ1n) is 8.64. The lowest BCUT2D eigenvalue weighted by Gasteiger charge is -2.17. The zero-order chi connectivity index (χ0) is 20.5. The smallest absolute Gasteiger partial charge is 0.229 e. The van der Waals surface area contributed by atoms with Crippen molar-refractivity contribution in [1.29, 1.82) is 0 Å². The topological polar surface area (TPSA) is 91.0 Å². The zero-order valence-corrected chi connectivity index (χ0v) is 14.8. The highest BCUT2D eigenvalue weighted by molar-refractivity contribution is 6.03. The van der Waals surface area contributed by atoms with Gasteiger partial charge in [-0.3, -0.25) is 14.7 Å². The summed E-state index contributed by atoms with van der Waals surface area (Å²) in [6, 6.07) is 8.35. The van der Waals surface area contributed by atoms with E-state index in [1.807, 2.05) is 0 Å². The number of nitrogens with one attached hydrogen (secondary N) is 2. The third-order valence-electron chi connectivity index (χ3n) is 4.59. The maximum atomic E-state index is 13.5. The predicted octanol–water partition coefficient (Wildman–Crippen LogP) is 2.88. The summed E-state index contributed by atoms with van der Waals surface area (Å²) in [5, 5.41) is 9.21. The van der Waals surface area contributed by atoms with E-state index in [0.29, 0.717) is 17.1 Å². The Kier molecular flexibility index (Phi) is 4.75. The lowest BCUT2D eigenvalue weighted by molar-refractivity contribution is -0.122. The summed E-state index contributed by atoms with van der Waals surface area (Å²) in [6.07, 6.45) is 1.23. The first kappa shape index (κ1) is 18.7. The van der Waals surface area contributed by atoms with E-state index < -0.39 is 35.2 Å². The number of carbonyl (C=O) groups is 2. The van der Waals surface area contributed by atoms with Gasteiger partial charge in [-0.05, 0) is 12.1 Å². The van der Waals surface area contributed by atoms with Gasteiger partial charge in [-0.1, -0.05) is 12.1 Å². The SMILES string of the molecule is O=C(Nc1cccc(-c2ncn[nH]2)c1)[C@H]1CC(=O)N(c2cc(F)c(F)c(F)c2)C1. The molecule has 1 aliphatic heterocycles. The Hall–Kier alpha value is -3.69. The predicted molar refractivity (Wildman–Crippen MR) is 97.2 cm³/mol. The largest absolute Gasteiger partial charge is 0.326 e. The van der Waals surface area contributed by atoms with Gasteiger partial charge in [0, 0.05) is 42.0 Å². The molecule has 0 spiro atoms. The summed E-state index contributed by atoms with van der Waals surface area (Å²) in [5.74, 6) is -5.50. The van der Waals surface area contributed by atoms with Crippen molar-refractivity contribution in [3.05, 3.63) is 60.2 Å². The third-order valence-corrected chi connectivity index (χ3v) is 4.59. The number of hydrogen-bond donors (Lipinski definition) is 2. The van der Waals surface area contributed by atoms with Gasteiger partial charge in [0.1, 0.15) is 6.33 Å². The molecule has 1 atom stereocenters. The first-order valence-corrected chi connectivity index (χ1v) is 8.64. The summed E-state index contributed by atoms with van der Waals surface area (Å²) in [4.78, 5) is 29.9. The molecule has 0 radical (unpaired) electrons. The molecule has 148 valence electrons. The fourth-order valence-corrected chi connectivity index (χ4v) is 3.16. The molecular weight excluding hydrogens is 387 g/mol. The highest BCUT2D eigenvalue weighted by atomic mass is 19.2. The molecule has 10 heteroatoms. The quantitative estimate of drug-likeness (QED) is 0.658. The van der Waals surface area contributed by atoms with Crippen molar-refractivity contribution in [3.8, 4) is 11.4 Å². The standard InChI is InChI=1S/C19H14F3N5O2/c20-14-6-13(7-15(21)17(14)22)27-8-11(5-16(27)28)19(29)25-12-3-1-2-10(4-12)18-23-9-24-26-18/h1-4,6-7,9,11H,5,8H2,(H,25,29)(H,23,24,26)/t11-/m0/s1. The molecule has 2 amide bonds. The second kappa shape index (κ2) is 7.38. The number of rotatable bonds is 4. The number of hydrogen-bond acceptors (Lipinski definition) is 4. The molecule has 1 aliphatic rings. The van der Waals surface area contributed by atoms with E-state index in [0.717, 1.165) is 17.0 Å². The highest BCUT2D eigenvalue weighted by Crippen LogP contribution is 2.29. The molecule has 0 saturated carbocycles. The van der Waals surface area contributed by atoms with Gasteiger partial charge in [-0.2, -0.15) is 5.10 Å². The maximum absolute atomic E-state index is 13.5. The molecule has 0 bridgehead atoms. The van der Waals surface area contributed by atoms with Crippen LogP contribution in [0, 0.1) is 23.4 Å². The van der Waals surface area contributed by atoms with Crippen LogP contribution in [-0.2, 0) is 9.59 Å². The molecule has 7 nitrogen and oxygen atoms in total. The summed E-state index contributed by atoms with van der Waals surface area (Å²) in [7, 11) is 0. The molecule has 1 fully saturated rings. The monoisotopic (exact) mass is 401 g/mol. The van der Waals surface area contributed by atoms with Crippen molar-refractivity contribution >= 4 is 23.2 Å². The van der Waals surface area contributed by atoms with Crippen molar-refractivity contribution in [3.63, 3.8) is 0 Å². The van der Waals surface area contributed by atoms with E-state index in [1.165, 1.54) is 6.33 Å². The molecule has 3 aromatic rings. The van der Waals surface area contributed by atoms with Gasteiger partial charge in [-0.15, -0.1) is 0 Å². The molecule has 0 unspecified atom stereocenters. The van der Waals surface area contributed by atoms with Crippen LogP contribution in [0.15, 0.2) is 42.7 Å². The minimum absolute atomic E-state index is 0.0724. The molecule has 29 heavy (non-hydrogen) atoms. The van der Waals surface area contributed by atoms with Gasteiger partial charge in [0.25, 0.3) is 0 Å². The number of benzene rings is 2. The minimum atomic E-state index is -1.61. The van der Waals surface area contributed by atoms with Crippen molar-refractivity contribution in [2.75, 3.05) is 16.8 Å². The number of aromatic amines is 1. The lowest BCUT2D eigenvalue weighted by Crippen LogP contribution is -2.28. The van der Waals surface area contributed by atoms with Crippen molar-refractivity contribution < 1.29 is 22.8 Å². The number of nitrogens with zero attached hydrogens (tertiary/aromatic N) is 3. The lowest BCUT2D eigenvalue weighted by atomic mass is 10.1. The average molecular weight is 401 g/mol. The Morgan fingerprint density at radius 1 is 1.17 bits per heavy atom. The van der Waals surface area contributed by atoms with Gasteiger partial charge in [0.05, 0.1) is 5.92 Å². The van der Waals surface area contributed by atoms with E-state index in [4.69, 9.17) is 0 Å². The number of amides is 2. The van der Waals surface area contributed by atoms with Gasteiger partial charge < -0.3 is 10.2 Å². The number of anilines is 2. The van der Waals surface area contributed by atoms with Crippen LogP contribution >= 0.6 is 0 Å². The van der Waals surface area contributed by atoms with Gasteiger partial charge >= 0.3 is 0 Å². The zero-order valence-electron chi connectivity index (χ0n) is 14.8. The normalized spacial score (nSPS) is 16.3. The second-order valence-electron chi connectivity index (χ2n) is 6.53. The van der Waals surface area contributed by atoms with Crippen LogP contribution in [0.3, 0.4) is 0 Å². The minimum Gasteiger partial charge on any atom is -0.326 e. The summed E-state index contributed by atoms with van der Waals surface area (Å²) < 4.78 is 40.1. The molecule has 1 saturated heterocycles. The van der Waals surface area contributed by atoms with Gasteiger partial charge in [0.15, 0.2) is 23.3 Å². The molecule has 2 N–H and O–H groups in total. The molecule has 1 aromatic heterocycles. The summed E-state index contributed by atoms with van der Waals surface area (Å²) in [6.45, 7) is -0.0724. The van der Waals surface area contributed by atoms with E-state index in [2.05, 4.69) is 20.5 Å². The van der Waals surface area contributed by atoms with E-state index >= 15 is 0 Å². The van der Waals surface area contributed by atoms with E-state index in [1.54, 1.807) is 24.3 Å². The Morgan fingerprint density at radius 3 is 2.62 bits per heavy atom. The summed E-state index contributed by atoms with van der Waals surface area (Å²) >= 11 is 0. The summed E-state index contributed by atoms with van der Waals surface area (Å²) in [5.41, 5.74) is 1.07. The Morgan fingerprint density at radius 2 is 1.93 bits per heavy atom. The molecule has 2 heterocycles. The fraction of sp³-hybridized carbons (Fsp3) is 0.158. The first-order chi connectivity index (χ1) is 13.9. The van der Waals surface area contributed by atoms with Crippen molar-refractivity contribution in [2.24, 2.45) is 5.92 Å².